The molecule has 0 radical (unpaired) electrons. The number of hydrogen-bond donors (Lipinski definition) is 0. The van der Waals surface area contributed by atoms with Crippen LogP contribution in [0.15, 0.2) is 126 Å². The van der Waals surface area contributed by atoms with E-state index < -0.39 is 0 Å². The number of benzene rings is 3. The fourth-order valence-electron chi connectivity index (χ4n) is 4.08. The molecular formula is C30H20N2O. The molecule has 0 atom stereocenters. The van der Waals surface area contributed by atoms with E-state index in [0.29, 0.717) is 0 Å². The summed E-state index contributed by atoms with van der Waals surface area (Å²) >= 11 is 0. The molecule has 0 spiro atoms. The maximum atomic E-state index is 6.01. The first-order valence-electron chi connectivity index (χ1n) is 10.9. The van der Waals surface area contributed by atoms with Crippen LogP contribution in [0.1, 0.15) is 0 Å². The summed E-state index contributed by atoms with van der Waals surface area (Å²) in [5.41, 5.74) is 8.30. The van der Waals surface area contributed by atoms with Gasteiger partial charge in [-0.05, 0) is 59.2 Å². The molecule has 6 aromatic rings. The molecule has 0 saturated heterocycles. The van der Waals surface area contributed by atoms with Gasteiger partial charge in [0.15, 0.2) is 5.76 Å². The lowest BCUT2D eigenvalue weighted by Gasteiger charge is -2.07. The molecule has 0 saturated carbocycles. The Morgan fingerprint density at radius 3 is 2.09 bits per heavy atom. The van der Waals surface area contributed by atoms with E-state index in [2.05, 4.69) is 71.7 Å². The Balaban J connectivity index is 1.32. The third-order valence-corrected chi connectivity index (χ3v) is 5.80. The average molecular weight is 425 g/mol. The number of aromatic nitrogens is 2. The average Bonchev–Trinajstić information content (AvgIpc) is 3.34. The Morgan fingerprint density at radius 2 is 1.27 bits per heavy atom. The van der Waals surface area contributed by atoms with Gasteiger partial charge in [0.25, 0.3) is 0 Å². The number of rotatable bonds is 4. The van der Waals surface area contributed by atoms with Gasteiger partial charge in [0.2, 0.25) is 0 Å². The van der Waals surface area contributed by atoms with E-state index in [-0.39, 0.29) is 0 Å². The van der Waals surface area contributed by atoms with Gasteiger partial charge >= 0.3 is 0 Å². The Bertz CT molecular complexity index is 1540. The van der Waals surface area contributed by atoms with Crippen molar-refractivity contribution in [2.45, 2.75) is 0 Å². The molecule has 3 aromatic carbocycles. The number of nitrogens with zero attached hydrogens (tertiary/aromatic N) is 2. The smallest absolute Gasteiger partial charge is 0.153 e. The normalized spacial score (nSPS) is 11.0. The highest BCUT2D eigenvalue weighted by Crippen LogP contribution is 2.32. The summed E-state index contributed by atoms with van der Waals surface area (Å²) < 4.78 is 6.01. The van der Waals surface area contributed by atoms with Crippen LogP contribution >= 0.6 is 0 Å². The molecule has 3 heteroatoms. The van der Waals surface area contributed by atoms with Gasteiger partial charge in [-0.15, -0.1) is 0 Å². The van der Waals surface area contributed by atoms with Gasteiger partial charge in [-0.3, -0.25) is 9.97 Å². The van der Waals surface area contributed by atoms with Crippen LogP contribution in [-0.4, -0.2) is 9.97 Å². The summed E-state index contributed by atoms with van der Waals surface area (Å²) in [6.45, 7) is 0. The topological polar surface area (TPSA) is 38.9 Å². The molecule has 0 aliphatic carbocycles. The van der Waals surface area contributed by atoms with Crippen LogP contribution in [0.4, 0.5) is 0 Å². The van der Waals surface area contributed by atoms with E-state index in [4.69, 9.17) is 9.40 Å². The highest BCUT2D eigenvalue weighted by Gasteiger charge is 2.09. The predicted octanol–water partition coefficient (Wildman–Crippen LogP) is 7.89. The standard InChI is InChI=1S/C30H20N2O/c1-2-7-21(8-3-1)25-12-14-27(32-20-25)24-10-6-9-22(17-24)23-13-15-29-26(18-23)19-30(33-29)28-11-4-5-16-31-28/h1-20H. The first kappa shape index (κ1) is 19.2. The fourth-order valence-corrected chi connectivity index (χ4v) is 4.08. The fraction of sp³-hybridized carbons (Fsp3) is 0. The maximum Gasteiger partial charge on any atom is 0.153 e. The molecule has 0 fully saturated rings. The molecule has 156 valence electrons. The van der Waals surface area contributed by atoms with Crippen molar-refractivity contribution in [2.24, 2.45) is 0 Å². The Hall–Kier alpha value is -4.50. The minimum Gasteiger partial charge on any atom is -0.454 e. The van der Waals surface area contributed by atoms with Crippen LogP contribution in [0, 0.1) is 0 Å². The minimum atomic E-state index is 0.777. The van der Waals surface area contributed by atoms with Gasteiger partial charge in [-0.1, -0.05) is 66.7 Å². The van der Waals surface area contributed by atoms with Crippen LogP contribution < -0.4 is 0 Å². The van der Waals surface area contributed by atoms with Crippen molar-refractivity contribution < 1.29 is 4.42 Å². The first-order valence-corrected chi connectivity index (χ1v) is 10.9. The Labute approximate surface area is 192 Å². The highest BCUT2D eigenvalue weighted by atomic mass is 16.3. The van der Waals surface area contributed by atoms with Crippen LogP contribution in [0.5, 0.6) is 0 Å². The lowest BCUT2D eigenvalue weighted by atomic mass is 10.00. The van der Waals surface area contributed by atoms with E-state index in [0.717, 1.165) is 50.4 Å². The van der Waals surface area contributed by atoms with Crippen molar-refractivity contribution in [3.8, 4) is 45.0 Å². The molecule has 3 aromatic heterocycles. The zero-order valence-corrected chi connectivity index (χ0v) is 17.8. The summed E-state index contributed by atoms with van der Waals surface area (Å²) in [5, 5.41) is 1.06. The molecule has 3 heterocycles. The van der Waals surface area contributed by atoms with Gasteiger partial charge in [0, 0.05) is 28.9 Å². The molecular weight excluding hydrogens is 404 g/mol. The lowest BCUT2D eigenvalue weighted by molar-refractivity contribution is 0.629. The van der Waals surface area contributed by atoms with Crippen molar-refractivity contribution in [3.05, 3.63) is 122 Å². The van der Waals surface area contributed by atoms with Crippen molar-refractivity contribution in [3.63, 3.8) is 0 Å². The molecule has 0 N–H and O–H groups in total. The Morgan fingerprint density at radius 1 is 0.485 bits per heavy atom. The van der Waals surface area contributed by atoms with E-state index in [1.165, 1.54) is 5.56 Å². The number of hydrogen-bond acceptors (Lipinski definition) is 3. The van der Waals surface area contributed by atoms with Crippen molar-refractivity contribution >= 4 is 11.0 Å². The molecule has 6 rings (SSSR count). The van der Waals surface area contributed by atoms with Crippen LogP contribution in [0.25, 0.3) is 55.9 Å². The molecule has 3 nitrogen and oxygen atoms in total. The largest absolute Gasteiger partial charge is 0.454 e. The van der Waals surface area contributed by atoms with Crippen LogP contribution in [-0.2, 0) is 0 Å². The maximum absolute atomic E-state index is 6.01. The third kappa shape index (κ3) is 3.81. The van der Waals surface area contributed by atoms with Crippen molar-refractivity contribution in [1.29, 1.82) is 0 Å². The second kappa shape index (κ2) is 8.21. The van der Waals surface area contributed by atoms with E-state index >= 15 is 0 Å². The van der Waals surface area contributed by atoms with Crippen molar-refractivity contribution in [2.75, 3.05) is 0 Å². The van der Waals surface area contributed by atoms with E-state index in [1.807, 2.05) is 48.7 Å². The minimum absolute atomic E-state index is 0.777. The molecule has 33 heavy (non-hydrogen) atoms. The summed E-state index contributed by atoms with van der Waals surface area (Å²) in [5.74, 6) is 0.777. The van der Waals surface area contributed by atoms with Crippen LogP contribution in [0.3, 0.4) is 0 Å². The predicted molar refractivity (Wildman–Crippen MR) is 134 cm³/mol. The van der Waals surface area contributed by atoms with Gasteiger partial charge in [-0.25, -0.2) is 0 Å². The lowest BCUT2D eigenvalue weighted by Crippen LogP contribution is -1.86. The zero-order chi connectivity index (χ0) is 22.0. The number of furan rings is 1. The Kier molecular flexibility index (Phi) is 4.78. The molecule has 0 aliphatic rings. The second-order valence-electron chi connectivity index (χ2n) is 7.96. The van der Waals surface area contributed by atoms with Gasteiger partial charge in [-0.2, -0.15) is 0 Å². The number of pyridine rings is 2. The second-order valence-corrected chi connectivity index (χ2v) is 7.96. The SMILES string of the molecule is c1ccc(-c2ccc(-c3cccc(-c4ccc5oc(-c6ccccn6)cc5c4)c3)nc2)cc1. The number of fused-ring (bicyclic) bond motifs is 1. The van der Waals surface area contributed by atoms with E-state index in [9.17, 15) is 0 Å². The van der Waals surface area contributed by atoms with E-state index in [1.54, 1.807) is 6.20 Å². The molecule has 0 aliphatic heterocycles. The molecule has 0 bridgehead atoms. The monoisotopic (exact) mass is 424 g/mol. The highest BCUT2D eigenvalue weighted by molar-refractivity contribution is 5.87. The molecule has 0 unspecified atom stereocenters. The van der Waals surface area contributed by atoms with Gasteiger partial charge in [0.05, 0.1) is 5.69 Å². The summed E-state index contributed by atoms with van der Waals surface area (Å²) in [6, 6.07) is 37.2. The zero-order valence-electron chi connectivity index (χ0n) is 17.8. The van der Waals surface area contributed by atoms with Gasteiger partial charge in [0.1, 0.15) is 11.3 Å². The quantitative estimate of drug-likeness (QED) is 0.289. The first-order chi connectivity index (χ1) is 16.3. The summed E-state index contributed by atoms with van der Waals surface area (Å²) in [4.78, 5) is 9.12. The molecule has 0 amide bonds. The summed E-state index contributed by atoms with van der Waals surface area (Å²) in [7, 11) is 0. The van der Waals surface area contributed by atoms with Crippen LogP contribution in [0.2, 0.25) is 0 Å². The van der Waals surface area contributed by atoms with Gasteiger partial charge < -0.3 is 4.42 Å². The third-order valence-electron chi connectivity index (χ3n) is 5.80. The van der Waals surface area contributed by atoms with Crippen molar-refractivity contribution in [1.82, 2.24) is 9.97 Å². The summed E-state index contributed by atoms with van der Waals surface area (Å²) in [6.07, 6.45) is 3.72.